The number of nitrogens with one attached hydrogen (secondary N) is 2. The number of hydrogen-bond donors (Lipinski definition) is 2. The molecule has 3 heterocycles. The molecule has 10 nitrogen and oxygen atoms in total. The number of carbonyl (C=O) groups is 1. The summed E-state index contributed by atoms with van der Waals surface area (Å²) in [5.41, 5.74) is 1.39. The van der Waals surface area contributed by atoms with Gasteiger partial charge in [0.15, 0.2) is 11.5 Å². The number of aromatic nitrogens is 3. The van der Waals surface area contributed by atoms with Crippen molar-refractivity contribution in [3.63, 3.8) is 0 Å². The van der Waals surface area contributed by atoms with Gasteiger partial charge in [0.25, 0.3) is 0 Å². The molecule has 0 bridgehead atoms. The van der Waals surface area contributed by atoms with Crippen LogP contribution in [0.5, 0.6) is 0 Å². The highest BCUT2D eigenvalue weighted by molar-refractivity contribution is 7.88. The predicted octanol–water partition coefficient (Wildman–Crippen LogP) is 2.93. The van der Waals surface area contributed by atoms with Crippen molar-refractivity contribution < 1.29 is 17.9 Å². The molecule has 2 aromatic rings. The Balaban J connectivity index is 1.44. The number of carbonyl (C=O) groups excluding carboxylic acids is 1. The standard InChI is InChI=1S/C21H36N6O4SSi/c1-32(29,30)27-10-5-6-17(15-27)7-9-22-21(28)25-19-14-23-20-18(24-19)8-11-26(20)16-31-12-13-33(2,3)4/h8,11,14,17H,5-7,9-10,12-13,15-16H2,1-4H3,(H2,22,24,25,28). The van der Waals surface area contributed by atoms with Gasteiger partial charge in [-0.05, 0) is 37.3 Å². The molecule has 1 saturated heterocycles. The van der Waals surface area contributed by atoms with Crippen molar-refractivity contribution in [1.82, 2.24) is 24.2 Å². The molecule has 0 spiro atoms. The second-order valence-electron chi connectivity index (χ2n) is 9.90. The maximum absolute atomic E-state index is 12.3. The number of nitrogens with zero attached hydrogens (tertiary/aromatic N) is 4. The van der Waals surface area contributed by atoms with Crippen LogP contribution in [0.2, 0.25) is 25.7 Å². The van der Waals surface area contributed by atoms with Crippen molar-refractivity contribution >= 4 is 41.1 Å². The minimum atomic E-state index is -3.16. The molecule has 2 amide bonds. The van der Waals surface area contributed by atoms with Crippen LogP contribution in [0.3, 0.4) is 0 Å². The molecule has 1 unspecified atom stereocenters. The van der Waals surface area contributed by atoms with E-state index in [1.54, 1.807) is 0 Å². The Hall–Kier alpha value is -2.02. The van der Waals surface area contributed by atoms with E-state index in [1.165, 1.54) is 16.8 Å². The first-order valence-electron chi connectivity index (χ1n) is 11.4. The van der Waals surface area contributed by atoms with E-state index in [0.717, 1.165) is 31.9 Å². The molecule has 1 atom stereocenters. The van der Waals surface area contributed by atoms with E-state index in [0.29, 0.717) is 43.3 Å². The molecule has 3 rings (SSSR count). The van der Waals surface area contributed by atoms with Gasteiger partial charge in [0.1, 0.15) is 12.2 Å². The van der Waals surface area contributed by atoms with Crippen molar-refractivity contribution in [2.24, 2.45) is 5.92 Å². The minimum Gasteiger partial charge on any atom is -0.361 e. The smallest absolute Gasteiger partial charge is 0.320 e. The van der Waals surface area contributed by atoms with E-state index in [4.69, 9.17) is 4.74 Å². The summed E-state index contributed by atoms with van der Waals surface area (Å²) < 4.78 is 32.7. The Morgan fingerprint density at radius 3 is 2.85 bits per heavy atom. The van der Waals surface area contributed by atoms with Gasteiger partial charge < -0.3 is 14.6 Å². The summed E-state index contributed by atoms with van der Waals surface area (Å²) in [5.74, 6) is 0.621. The molecule has 1 aliphatic rings. The minimum absolute atomic E-state index is 0.248. The van der Waals surface area contributed by atoms with Crippen LogP contribution < -0.4 is 10.6 Å². The van der Waals surface area contributed by atoms with Gasteiger partial charge in [0, 0.05) is 40.5 Å². The second-order valence-corrected chi connectivity index (χ2v) is 17.5. The van der Waals surface area contributed by atoms with Gasteiger partial charge in [0.2, 0.25) is 10.0 Å². The lowest BCUT2D eigenvalue weighted by Gasteiger charge is -2.30. The molecule has 2 N–H and O–H groups in total. The van der Waals surface area contributed by atoms with E-state index in [2.05, 4.69) is 40.2 Å². The number of ether oxygens (including phenoxy) is 1. The van der Waals surface area contributed by atoms with Gasteiger partial charge in [0.05, 0.1) is 12.5 Å². The first kappa shape index (κ1) is 25.6. The van der Waals surface area contributed by atoms with Crippen LogP contribution >= 0.6 is 0 Å². The molecular formula is C21H36N6O4SSi. The first-order chi connectivity index (χ1) is 15.5. The van der Waals surface area contributed by atoms with Crippen LogP contribution in [0, 0.1) is 5.92 Å². The van der Waals surface area contributed by atoms with E-state index < -0.39 is 18.1 Å². The second kappa shape index (κ2) is 10.9. The van der Waals surface area contributed by atoms with Crippen molar-refractivity contribution in [2.45, 2.75) is 51.7 Å². The molecule has 184 valence electrons. The van der Waals surface area contributed by atoms with Gasteiger partial charge in [-0.2, -0.15) is 0 Å². The Labute approximate surface area is 197 Å². The third kappa shape index (κ3) is 8.05. The maximum Gasteiger partial charge on any atom is 0.320 e. The summed E-state index contributed by atoms with van der Waals surface area (Å²) in [7, 11) is -4.28. The average molecular weight is 497 g/mol. The monoisotopic (exact) mass is 496 g/mol. The van der Waals surface area contributed by atoms with Crippen LogP contribution in [0.15, 0.2) is 18.5 Å². The molecule has 0 saturated carbocycles. The lowest BCUT2D eigenvalue weighted by atomic mass is 9.96. The van der Waals surface area contributed by atoms with Crippen LogP contribution in [-0.4, -0.2) is 73.9 Å². The average Bonchev–Trinajstić information content (AvgIpc) is 3.12. The van der Waals surface area contributed by atoms with Crippen LogP contribution in [0.1, 0.15) is 19.3 Å². The van der Waals surface area contributed by atoms with Gasteiger partial charge in [-0.3, -0.25) is 5.32 Å². The van der Waals surface area contributed by atoms with E-state index in [1.807, 2.05) is 16.8 Å². The highest BCUT2D eigenvalue weighted by Crippen LogP contribution is 2.21. The number of rotatable bonds is 10. The highest BCUT2D eigenvalue weighted by atomic mass is 32.2. The number of amides is 2. The molecule has 12 heteroatoms. The number of sulfonamides is 1. The van der Waals surface area contributed by atoms with Gasteiger partial charge >= 0.3 is 6.03 Å². The number of hydrogen-bond acceptors (Lipinski definition) is 6. The molecule has 33 heavy (non-hydrogen) atoms. The number of urea groups is 1. The number of fused-ring (bicyclic) bond motifs is 1. The zero-order valence-corrected chi connectivity index (χ0v) is 21.8. The summed E-state index contributed by atoms with van der Waals surface area (Å²) in [6, 6.07) is 2.61. The molecular weight excluding hydrogens is 460 g/mol. The lowest BCUT2D eigenvalue weighted by molar-refractivity contribution is 0.0899. The van der Waals surface area contributed by atoms with Crippen LogP contribution in [-0.2, 0) is 21.5 Å². The van der Waals surface area contributed by atoms with Crippen molar-refractivity contribution in [3.05, 3.63) is 18.5 Å². The fourth-order valence-electron chi connectivity index (χ4n) is 3.78. The fraction of sp³-hybridized carbons (Fsp3) is 0.667. The summed E-state index contributed by atoms with van der Waals surface area (Å²) in [6.45, 7) is 9.68. The third-order valence-electron chi connectivity index (χ3n) is 5.72. The highest BCUT2D eigenvalue weighted by Gasteiger charge is 2.25. The predicted molar refractivity (Wildman–Crippen MR) is 132 cm³/mol. The Bertz CT molecular complexity index is 1050. The summed E-state index contributed by atoms with van der Waals surface area (Å²) in [6.07, 6.45) is 7.21. The van der Waals surface area contributed by atoms with Crippen molar-refractivity contribution in [1.29, 1.82) is 0 Å². The topological polar surface area (TPSA) is 118 Å². The molecule has 2 aromatic heterocycles. The summed E-state index contributed by atoms with van der Waals surface area (Å²) >= 11 is 0. The van der Waals surface area contributed by atoms with Crippen molar-refractivity contribution in [2.75, 3.05) is 37.8 Å². The molecule has 1 aliphatic heterocycles. The SMILES string of the molecule is C[Si](C)(C)CCOCn1ccc2nc(NC(=O)NCCC3CCCN(S(C)(=O)=O)C3)cnc21. The Morgan fingerprint density at radius 1 is 1.33 bits per heavy atom. The largest absolute Gasteiger partial charge is 0.361 e. The molecule has 0 aromatic carbocycles. The van der Waals surface area contributed by atoms with Crippen molar-refractivity contribution in [3.8, 4) is 0 Å². The van der Waals surface area contributed by atoms with Crippen LogP contribution in [0.25, 0.3) is 11.2 Å². The van der Waals surface area contributed by atoms with E-state index >= 15 is 0 Å². The van der Waals surface area contributed by atoms with Crippen LogP contribution in [0.4, 0.5) is 10.6 Å². The third-order valence-corrected chi connectivity index (χ3v) is 8.69. The molecule has 1 fully saturated rings. The fourth-order valence-corrected chi connectivity index (χ4v) is 5.48. The zero-order valence-electron chi connectivity index (χ0n) is 20.0. The first-order valence-corrected chi connectivity index (χ1v) is 17.0. The Morgan fingerprint density at radius 2 is 2.12 bits per heavy atom. The number of piperidine rings is 1. The van der Waals surface area contributed by atoms with Gasteiger partial charge in [-0.1, -0.05) is 19.6 Å². The van der Waals surface area contributed by atoms with Gasteiger partial charge in [-0.25, -0.2) is 27.5 Å². The Kier molecular flexibility index (Phi) is 8.48. The molecule has 0 radical (unpaired) electrons. The lowest BCUT2D eigenvalue weighted by Crippen LogP contribution is -2.40. The summed E-state index contributed by atoms with van der Waals surface area (Å²) in [5, 5.41) is 5.54. The molecule has 0 aliphatic carbocycles. The maximum atomic E-state index is 12.3. The normalized spacial score (nSPS) is 17.9. The number of anilines is 1. The zero-order chi connectivity index (χ0) is 24.1. The quantitative estimate of drug-likeness (QED) is 0.386. The van der Waals surface area contributed by atoms with Gasteiger partial charge in [-0.15, -0.1) is 0 Å². The summed E-state index contributed by atoms with van der Waals surface area (Å²) in [4.78, 5) is 21.1. The van der Waals surface area contributed by atoms with E-state index in [9.17, 15) is 13.2 Å². The van der Waals surface area contributed by atoms with E-state index in [-0.39, 0.29) is 11.9 Å².